The van der Waals surface area contributed by atoms with E-state index >= 15 is 0 Å². The van der Waals surface area contributed by atoms with Gasteiger partial charge in [0.15, 0.2) is 17.6 Å². The lowest BCUT2D eigenvalue weighted by atomic mass is 10.00. The van der Waals surface area contributed by atoms with Crippen LogP contribution in [0.2, 0.25) is 0 Å². The zero-order valence-electron chi connectivity index (χ0n) is 12.1. The second kappa shape index (κ2) is 5.48. The summed E-state index contributed by atoms with van der Waals surface area (Å²) in [4.78, 5) is 12.3. The Hall–Kier alpha value is -2.73. The quantitative estimate of drug-likeness (QED) is 0.855. The molecule has 0 amide bonds. The molecule has 0 fully saturated rings. The minimum absolute atomic E-state index is 0.0411. The van der Waals surface area contributed by atoms with Gasteiger partial charge in [-0.1, -0.05) is 18.2 Å². The first-order valence-electron chi connectivity index (χ1n) is 7.23. The van der Waals surface area contributed by atoms with Gasteiger partial charge in [-0.05, 0) is 18.2 Å². The maximum atomic E-state index is 12.3. The number of benzene rings is 2. The Bertz CT molecular complexity index is 742. The topological polar surface area (TPSA) is 74.2 Å². The molecule has 0 unspecified atom stereocenters. The summed E-state index contributed by atoms with van der Waals surface area (Å²) in [7, 11) is 0. The third-order valence-electron chi connectivity index (χ3n) is 3.81. The number of ether oxygens (including phenoxy) is 4. The predicted molar refractivity (Wildman–Crippen MR) is 78.7 cm³/mol. The fourth-order valence-electron chi connectivity index (χ4n) is 2.66. The highest BCUT2D eigenvalue weighted by Gasteiger charge is 2.35. The van der Waals surface area contributed by atoms with Crippen LogP contribution >= 0.6 is 0 Å². The average molecular weight is 314 g/mol. The summed E-state index contributed by atoms with van der Waals surface area (Å²) in [5, 5.41) is 10.2. The molecule has 6 heteroatoms. The SMILES string of the molecule is O=C(O[C@H]1c2cc3c(cc2OC[C@H]1O)OCO3)c1ccccc1. The van der Waals surface area contributed by atoms with Crippen molar-refractivity contribution in [2.24, 2.45) is 0 Å². The van der Waals surface area contributed by atoms with Crippen molar-refractivity contribution in [3.05, 3.63) is 53.6 Å². The maximum Gasteiger partial charge on any atom is 0.338 e. The van der Waals surface area contributed by atoms with E-state index < -0.39 is 18.2 Å². The van der Waals surface area contributed by atoms with Gasteiger partial charge in [-0.2, -0.15) is 0 Å². The number of aliphatic hydroxyl groups is 1. The van der Waals surface area contributed by atoms with E-state index in [0.29, 0.717) is 28.4 Å². The van der Waals surface area contributed by atoms with E-state index in [-0.39, 0.29) is 13.4 Å². The second-order valence-electron chi connectivity index (χ2n) is 5.31. The number of carbonyl (C=O) groups excluding carboxylic acids is 1. The molecule has 2 aliphatic heterocycles. The molecule has 2 atom stereocenters. The highest BCUT2D eigenvalue weighted by atomic mass is 16.7. The first-order valence-corrected chi connectivity index (χ1v) is 7.23. The second-order valence-corrected chi connectivity index (χ2v) is 5.31. The number of esters is 1. The minimum Gasteiger partial charge on any atom is -0.490 e. The standard InChI is InChI=1S/C17H14O6/c18-12-8-20-13-7-15-14(21-9-22-15)6-11(13)16(12)23-17(19)10-4-2-1-3-5-10/h1-7,12,16,18H,8-9H2/t12-,16+/m1/s1. The lowest BCUT2D eigenvalue weighted by Crippen LogP contribution is -2.33. The van der Waals surface area contributed by atoms with E-state index in [9.17, 15) is 9.90 Å². The van der Waals surface area contributed by atoms with Crippen LogP contribution in [0.4, 0.5) is 0 Å². The zero-order chi connectivity index (χ0) is 15.8. The Kier molecular flexibility index (Phi) is 3.31. The molecule has 2 aromatic carbocycles. The van der Waals surface area contributed by atoms with E-state index in [0.717, 1.165) is 0 Å². The van der Waals surface area contributed by atoms with E-state index in [4.69, 9.17) is 18.9 Å². The van der Waals surface area contributed by atoms with Crippen molar-refractivity contribution in [3.63, 3.8) is 0 Å². The molecule has 0 bridgehead atoms. The van der Waals surface area contributed by atoms with Crippen LogP contribution in [-0.2, 0) is 4.74 Å². The van der Waals surface area contributed by atoms with Crippen LogP contribution in [0.15, 0.2) is 42.5 Å². The van der Waals surface area contributed by atoms with Gasteiger partial charge >= 0.3 is 5.97 Å². The van der Waals surface area contributed by atoms with Gasteiger partial charge in [0.2, 0.25) is 6.79 Å². The van der Waals surface area contributed by atoms with Gasteiger partial charge in [0.1, 0.15) is 18.5 Å². The fourth-order valence-corrected chi connectivity index (χ4v) is 2.66. The third-order valence-corrected chi connectivity index (χ3v) is 3.81. The summed E-state index contributed by atoms with van der Waals surface area (Å²) in [6.07, 6.45) is -1.77. The Labute approximate surface area is 132 Å². The van der Waals surface area contributed by atoms with Gasteiger partial charge in [0.25, 0.3) is 0 Å². The smallest absolute Gasteiger partial charge is 0.338 e. The number of hydrogen-bond acceptors (Lipinski definition) is 6. The largest absolute Gasteiger partial charge is 0.490 e. The highest BCUT2D eigenvalue weighted by molar-refractivity contribution is 5.89. The van der Waals surface area contributed by atoms with Crippen LogP contribution in [0.25, 0.3) is 0 Å². The van der Waals surface area contributed by atoms with E-state index in [1.54, 1.807) is 36.4 Å². The lowest BCUT2D eigenvalue weighted by Gasteiger charge is -2.30. The molecule has 2 heterocycles. The summed E-state index contributed by atoms with van der Waals surface area (Å²) >= 11 is 0. The molecule has 0 spiro atoms. The molecule has 118 valence electrons. The van der Waals surface area contributed by atoms with Crippen molar-refractivity contribution in [1.82, 2.24) is 0 Å². The Balaban J connectivity index is 1.65. The van der Waals surface area contributed by atoms with Crippen LogP contribution in [0.1, 0.15) is 22.0 Å². The minimum atomic E-state index is -0.949. The first kappa shape index (κ1) is 13.9. The summed E-state index contributed by atoms with van der Waals surface area (Å²) < 4.78 is 21.7. The number of fused-ring (bicyclic) bond motifs is 2. The lowest BCUT2D eigenvalue weighted by molar-refractivity contribution is -0.0465. The third kappa shape index (κ3) is 2.47. The van der Waals surface area contributed by atoms with Crippen molar-refractivity contribution in [1.29, 1.82) is 0 Å². The maximum absolute atomic E-state index is 12.3. The molecule has 0 aromatic heterocycles. The van der Waals surface area contributed by atoms with Gasteiger partial charge in [-0.3, -0.25) is 0 Å². The van der Waals surface area contributed by atoms with Crippen molar-refractivity contribution < 1.29 is 28.8 Å². The van der Waals surface area contributed by atoms with E-state index in [1.807, 2.05) is 6.07 Å². The van der Waals surface area contributed by atoms with Gasteiger partial charge in [-0.15, -0.1) is 0 Å². The monoisotopic (exact) mass is 314 g/mol. The molecule has 4 rings (SSSR count). The Morgan fingerprint density at radius 1 is 1.04 bits per heavy atom. The summed E-state index contributed by atoms with van der Waals surface area (Å²) in [6, 6.07) is 12.0. The highest BCUT2D eigenvalue weighted by Crippen LogP contribution is 2.44. The molecular formula is C17H14O6. The molecule has 0 aliphatic carbocycles. The molecule has 2 aromatic rings. The molecular weight excluding hydrogens is 300 g/mol. The molecule has 1 N–H and O–H groups in total. The van der Waals surface area contributed by atoms with Crippen LogP contribution in [0.5, 0.6) is 17.2 Å². The van der Waals surface area contributed by atoms with Crippen molar-refractivity contribution in [2.75, 3.05) is 13.4 Å². The number of carbonyl (C=O) groups is 1. The van der Waals surface area contributed by atoms with E-state index in [1.165, 1.54) is 0 Å². The van der Waals surface area contributed by atoms with Crippen molar-refractivity contribution >= 4 is 5.97 Å². The van der Waals surface area contributed by atoms with E-state index in [2.05, 4.69) is 0 Å². The molecule has 0 saturated carbocycles. The first-order chi connectivity index (χ1) is 11.2. The number of aliphatic hydroxyl groups excluding tert-OH is 1. The van der Waals surface area contributed by atoms with Crippen molar-refractivity contribution in [2.45, 2.75) is 12.2 Å². The van der Waals surface area contributed by atoms with Gasteiger partial charge in [0.05, 0.1) is 5.56 Å². The number of hydrogen-bond donors (Lipinski definition) is 1. The summed E-state index contributed by atoms with van der Waals surface area (Å²) in [5.41, 5.74) is 0.991. The van der Waals surface area contributed by atoms with Crippen LogP contribution in [0.3, 0.4) is 0 Å². The van der Waals surface area contributed by atoms with Crippen LogP contribution < -0.4 is 14.2 Å². The molecule has 0 radical (unpaired) electrons. The number of rotatable bonds is 2. The van der Waals surface area contributed by atoms with Gasteiger partial charge in [0, 0.05) is 11.6 Å². The molecule has 23 heavy (non-hydrogen) atoms. The van der Waals surface area contributed by atoms with Gasteiger partial charge < -0.3 is 24.1 Å². The molecule has 2 aliphatic rings. The van der Waals surface area contributed by atoms with Crippen LogP contribution in [0, 0.1) is 0 Å². The molecule has 0 saturated heterocycles. The Morgan fingerprint density at radius 3 is 2.57 bits per heavy atom. The average Bonchev–Trinajstić information content (AvgIpc) is 3.04. The molecule has 6 nitrogen and oxygen atoms in total. The summed E-state index contributed by atoms with van der Waals surface area (Å²) in [6.45, 7) is 0.175. The fraction of sp³-hybridized carbons (Fsp3) is 0.235. The van der Waals surface area contributed by atoms with Crippen molar-refractivity contribution in [3.8, 4) is 17.2 Å². The Morgan fingerprint density at radius 2 is 1.78 bits per heavy atom. The zero-order valence-corrected chi connectivity index (χ0v) is 12.1. The normalized spacial score (nSPS) is 21.3. The predicted octanol–water partition coefficient (Wildman–Crippen LogP) is 2.07. The van der Waals surface area contributed by atoms with Crippen LogP contribution in [-0.4, -0.2) is 30.6 Å². The summed E-state index contributed by atoms with van der Waals surface area (Å²) in [5.74, 6) is 1.14. The van der Waals surface area contributed by atoms with Gasteiger partial charge in [-0.25, -0.2) is 4.79 Å².